The lowest BCUT2D eigenvalue weighted by molar-refractivity contribution is -0.280. The van der Waals surface area contributed by atoms with Gasteiger partial charge in [-0.15, -0.1) is 0 Å². The highest BCUT2D eigenvalue weighted by Crippen LogP contribution is 2.58. The molecule has 1 heterocycles. The Labute approximate surface area is 112 Å². The van der Waals surface area contributed by atoms with Crippen LogP contribution in [-0.4, -0.2) is 72.4 Å². The third kappa shape index (κ3) is 4.81. The number of hydrogen-bond acceptors (Lipinski definition) is 9. The van der Waals surface area contributed by atoms with Gasteiger partial charge in [-0.1, -0.05) is 0 Å². The summed E-state index contributed by atoms with van der Waals surface area (Å²) >= 11 is 0. The van der Waals surface area contributed by atoms with Gasteiger partial charge in [0.1, 0.15) is 24.4 Å². The second kappa shape index (κ2) is 6.44. The molecule has 20 heavy (non-hydrogen) atoms. The number of aliphatic hydroxyl groups excluding tert-OH is 4. The summed E-state index contributed by atoms with van der Waals surface area (Å²) in [5.74, 6) is 0. The van der Waals surface area contributed by atoms with Crippen LogP contribution in [0, 0.1) is 0 Å². The Kier molecular flexibility index (Phi) is 5.83. The van der Waals surface area contributed by atoms with E-state index in [9.17, 15) is 24.4 Å². The van der Waals surface area contributed by atoms with Gasteiger partial charge in [-0.2, -0.15) is 4.31 Å². The first-order valence-electron chi connectivity index (χ1n) is 5.05. The summed E-state index contributed by atoms with van der Waals surface area (Å²) in [6, 6.07) is 0. The average molecular weight is 340 g/mol. The van der Waals surface area contributed by atoms with Gasteiger partial charge < -0.3 is 39.8 Å². The highest BCUT2D eigenvalue weighted by atomic mass is 31.3. The van der Waals surface area contributed by atoms with Crippen LogP contribution in [0.1, 0.15) is 0 Å². The standard InChI is InChI=1S/C6H14O12P2/c7-1-2-3(8)4(9)5(10)6(16-2)17-20(14,15)18-19(11,12)13/h2-10H,1H2,(H,14,15)(H2,11,12,13)/t2-,3+,4+,5+,6?/m1/s1. The fourth-order valence-corrected chi connectivity index (χ4v) is 3.11. The van der Waals surface area contributed by atoms with Gasteiger partial charge >= 0.3 is 15.6 Å². The normalized spacial score (nSPS) is 38.5. The molecule has 0 bridgehead atoms. The van der Waals surface area contributed by atoms with Crippen LogP contribution in [-0.2, 0) is 22.7 Å². The number of phosphoric acid groups is 2. The van der Waals surface area contributed by atoms with Crippen LogP contribution in [0.15, 0.2) is 0 Å². The van der Waals surface area contributed by atoms with Gasteiger partial charge in [0.2, 0.25) is 0 Å². The summed E-state index contributed by atoms with van der Waals surface area (Å²) < 4.78 is 34.0. The molecule has 1 fully saturated rings. The van der Waals surface area contributed by atoms with Gasteiger partial charge in [0.25, 0.3) is 0 Å². The lowest BCUT2D eigenvalue weighted by Gasteiger charge is -2.39. The van der Waals surface area contributed by atoms with Crippen molar-refractivity contribution in [2.75, 3.05) is 6.61 Å². The number of hydrogen-bond donors (Lipinski definition) is 7. The Balaban J connectivity index is 2.80. The molecule has 0 saturated carbocycles. The molecule has 120 valence electrons. The molecule has 1 rings (SSSR count). The van der Waals surface area contributed by atoms with Gasteiger partial charge in [0, 0.05) is 0 Å². The van der Waals surface area contributed by atoms with Crippen molar-refractivity contribution in [3.8, 4) is 0 Å². The molecular weight excluding hydrogens is 326 g/mol. The Morgan fingerprint density at radius 3 is 2.00 bits per heavy atom. The van der Waals surface area contributed by atoms with Crippen LogP contribution in [0.25, 0.3) is 0 Å². The Bertz CT molecular complexity index is 418. The number of ether oxygens (including phenoxy) is 1. The molecule has 0 amide bonds. The summed E-state index contributed by atoms with van der Waals surface area (Å²) in [5.41, 5.74) is 0. The van der Waals surface area contributed by atoms with Crippen molar-refractivity contribution in [3.63, 3.8) is 0 Å². The minimum Gasteiger partial charge on any atom is -0.394 e. The molecule has 0 spiro atoms. The van der Waals surface area contributed by atoms with Gasteiger partial charge in [0.15, 0.2) is 6.29 Å². The van der Waals surface area contributed by atoms with Gasteiger partial charge in [0.05, 0.1) is 6.61 Å². The second-order valence-electron chi connectivity index (χ2n) is 3.84. The van der Waals surface area contributed by atoms with E-state index in [1.165, 1.54) is 0 Å². The molecule has 2 unspecified atom stereocenters. The zero-order valence-electron chi connectivity index (χ0n) is 9.66. The van der Waals surface area contributed by atoms with Crippen LogP contribution in [0.4, 0.5) is 0 Å². The van der Waals surface area contributed by atoms with Crippen molar-refractivity contribution in [2.24, 2.45) is 0 Å². The van der Waals surface area contributed by atoms with Crippen molar-refractivity contribution >= 4 is 15.6 Å². The fraction of sp³-hybridized carbons (Fsp3) is 1.00. The van der Waals surface area contributed by atoms with E-state index < -0.39 is 53.0 Å². The molecule has 7 N–H and O–H groups in total. The second-order valence-corrected chi connectivity index (χ2v) is 6.63. The van der Waals surface area contributed by atoms with Crippen LogP contribution in [0.3, 0.4) is 0 Å². The Hall–Kier alpha value is 0.0600. The lowest BCUT2D eigenvalue weighted by Crippen LogP contribution is -2.58. The molecule has 0 aromatic carbocycles. The van der Waals surface area contributed by atoms with Crippen LogP contribution in [0.2, 0.25) is 0 Å². The molecule has 14 heteroatoms. The molecule has 0 radical (unpaired) electrons. The van der Waals surface area contributed by atoms with Crippen molar-refractivity contribution in [2.45, 2.75) is 30.7 Å². The number of phosphoric ester groups is 1. The van der Waals surface area contributed by atoms with Crippen molar-refractivity contribution in [1.29, 1.82) is 0 Å². The third-order valence-electron chi connectivity index (χ3n) is 2.30. The minimum atomic E-state index is -5.36. The highest BCUT2D eigenvalue weighted by molar-refractivity contribution is 7.60. The van der Waals surface area contributed by atoms with E-state index in [4.69, 9.17) is 19.8 Å². The van der Waals surface area contributed by atoms with Gasteiger partial charge in [-0.05, 0) is 0 Å². The van der Waals surface area contributed by atoms with Gasteiger partial charge in [-0.3, -0.25) is 4.52 Å². The molecule has 1 aliphatic rings. The van der Waals surface area contributed by atoms with Gasteiger partial charge in [-0.25, -0.2) is 9.13 Å². The fourth-order valence-electron chi connectivity index (χ4n) is 1.44. The van der Waals surface area contributed by atoms with E-state index in [0.717, 1.165) is 0 Å². The van der Waals surface area contributed by atoms with E-state index in [-0.39, 0.29) is 0 Å². The molecule has 1 aliphatic heterocycles. The maximum absolute atomic E-state index is 11.2. The highest BCUT2D eigenvalue weighted by Gasteiger charge is 2.47. The van der Waals surface area contributed by atoms with Crippen molar-refractivity contribution < 1.29 is 57.8 Å². The molecule has 0 aliphatic carbocycles. The van der Waals surface area contributed by atoms with Crippen LogP contribution >= 0.6 is 15.6 Å². The Morgan fingerprint density at radius 1 is 1.00 bits per heavy atom. The maximum atomic E-state index is 11.2. The zero-order chi connectivity index (χ0) is 15.7. The van der Waals surface area contributed by atoms with Crippen molar-refractivity contribution in [1.82, 2.24) is 0 Å². The first kappa shape index (κ1) is 18.1. The third-order valence-corrected chi connectivity index (χ3v) is 4.45. The first-order chi connectivity index (χ1) is 8.97. The largest absolute Gasteiger partial charge is 0.483 e. The lowest BCUT2D eigenvalue weighted by atomic mass is 10.00. The van der Waals surface area contributed by atoms with Crippen molar-refractivity contribution in [3.05, 3.63) is 0 Å². The molecule has 6 atom stereocenters. The minimum absolute atomic E-state index is 0.820. The summed E-state index contributed by atoms with van der Waals surface area (Å²) in [6.07, 6.45) is -9.12. The predicted molar refractivity (Wildman–Crippen MR) is 57.8 cm³/mol. The van der Waals surface area contributed by atoms with Crippen LogP contribution < -0.4 is 0 Å². The summed E-state index contributed by atoms with van der Waals surface area (Å²) in [6.45, 7) is -0.820. The molecule has 0 aromatic heterocycles. The molecular formula is C6H14O12P2. The molecule has 0 aromatic rings. The summed E-state index contributed by atoms with van der Waals surface area (Å²) in [7, 11) is -10.7. The van der Waals surface area contributed by atoms with E-state index in [1.54, 1.807) is 0 Å². The SMILES string of the molecule is O=P(O)(O)OP(=O)(O)OC1O[C@H](CO)[C@H](O)[C@H](O)[C@@H]1O. The topological polar surface area (TPSA) is 203 Å². The molecule has 12 nitrogen and oxygen atoms in total. The van der Waals surface area contributed by atoms with E-state index in [1.807, 2.05) is 0 Å². The average Bonchev–Trinajstić information content (AvgIpc) is 2.26. The maximum Gasteiger partial charge on any atom is 0.483 e. The Morgan fingerprint density at radius 2 is 1.55 bits per heavy atom. The first-order valence-corrected chi connectivity index (χ1v) is 8.08. The van der Waals surface area contributed by atoms with E-state index in [2.05, 4.69) is 13.6 Å². The number of aliphatic hydroxyl groups is 4. The summed E-state index contributed by atoms with van der Waals surface area (Å²) in [5, 5.41) is 37.1. The smallest absolute Gasteiger partial charge is 0.394 e. The van der Waals surface area contributed by atoms with Crippen LogP contribution in [0.5, 0.6) is 0 Å². The summed E-state index contributed by atoms with van der Waals surface area (Å²) in [4.78, 5) is 25.8. The number of rotatable bonds is 5. The zero-order valence-corrected chi connectivity index (χ0v) is 11.4. The van der Waals surface area contributed by atoms with E-state index in [0.29, 0.717) is 0 Å². The monoisotopic (exact) mass is 340 g/mol. The predicted octanol–water partition coefficient (Wildman–Crippen LogP) is -2.99. The quantitative estimate of drug-likeness (QED) is 0.250. The van der Waals surface area contributed by atoms with E-state index >= 15 is 0 Å². The molecule has 1 saturated heterocycles.